The number of hydrogen-bond acceptors (Lipinski definition) is 3. The molecule has 0 spiro atoms. The maximum Gasteiger partial charge on any atom is 0.134 e. The highest BCUT2D eigenvalue weighted by atomic mass is 79.9. The van der Waals surface area contributed by atoms with Crippen LogP contribution in [-0.2, 0) is 6.61 Å². The molecule has 2 aromatic rings. The van der Waals surface area contributed by atoms with E-state index in [9.17, 15) is 0 Å². The van der Waals surface area contributed by atoms with Gasteiger partial charge in [-0.3, -0.25) is 0 Å². The first-order valence-corrected chi connectivity index (χ1v) is 7.06. The molecule has 0 bridgehead atoms. The van der Waals surface area contributed by atoms with Gasteiger partial charge in [0, 0.05) is 18.3 Å². The molecule has 2 rings (SSSR count). The Balaban J connectivity index is 1.98. The number of pyridine rings is 1. The summed E-state index contributed by atoms with van der Waals surface area (Å²) in [5, 5.41) is 3.16. The van der Waals surface area contributed by atoms with Crippen LogP contribution >= 0.6 is 15.9 Å². The highest BCUT2D eigenvalue weighted by Crippen LogP contribution is 2.26. The van der Waals surface area contributed by atoms with Crippen molar-refractivity contribution in [3.05, 3.63) is 52.1 Å². The van der Waals surface area contributed by atoms with Gasteiger partial charge in [-0.15, -0.1) is 0 Å². The summed E-state index contributed by atoms with van der Waals surface area (Å²) in [5.41, 5.74) is 2.25. The maximum absolute atomic E-state index is 5.77. The normalized spacial score (nSPS) is 10.3. The lowest BCUT2D eigenvalue weighted by Gasteiger charge is -2.09. The molecule has 0 saturated carbocycles. The predicted molar refractivity (Wildman–Crippen MR) is 81.6 cm³/mol. The summed E-state index contributed by atoms with van der Waals surface area (Å²) in [6.45, 7) is 5.49. The Hall–Kier alpha value is -1.55. The van der Waals surface area contributed by atoms with Crippen molar-refractivity contribution in [2.75, 3.05) is 11.9 Å². The van der Waals surface area contributed by atoms with E-state index in [0.717, 1.165) is 28.1 Å². The van der Waals surface area contributed by atoms with Gasteiger partial charge < -0.3 is 10.1 Å². The molecule has 1 N–H and O–H groups in total. The van der Waals surface area contributed by atoms with E-state index in [1.54, 1.807) is 0 Å². The summed E-state index contributed by atoms with van der Waals surface area (Å²) >= 11 is 3.50. The Kier molecular flexibility index (Phi) is 4.80. The van der Waals surface area contributed by atoms with Crippen LogP contribution in [0.5, 0.6) is 5.75 Å². The van der Waals surface area contributed by atoms with Crippen LogP contribution in [0.25, 0.3) is 0 Å². The Morgan fingerprint density at radius 2 is 2.11 bits per heavy atom. The van der Waals surface area contributed by atoms with Crippen LogP contribution in [0.3, 0.4) is 0 Å². The van der Waals surface area contributed by atoms with E-state index in [2.05, 4.69) is 33.2 Å². The second-order valence-electron chi connectivity index (χ2n) is 4.30. The van der Waals surface area contributed by atoms with Crippen LogP contribution in [-0.4, -0.2) is 11.5 Å². The lowest BCUT2D eigenvalue weighted by molar-refractivity contribution is 0.304. The van der Waals surface area contributed by atoms with Gasteiger partial charge in [-0.2, -0.15) is 0 Å². The molecule has 3 nitrogen and oxygen atoms in total. The van der Waals surface area contributed by atoms with Gasteiger partial charge in [0.1, 0.15) is 18.2 Å². The number of rotatable bonds is 5. The number of aromatic nitrogens is 1. The minimum Gasteiger partial charge on any atom is -0.488 e. The van der Waals surface area contributed by atoms with Gasteiger partial charge in [0.05, 0.1) is 4.47 Å². The fourth-order valence-corrected chi connectivity index (χ4v) is 2.29. The van der Waals surface area contributed by atoms with Gasteiger partial charge in [0.25, 0.3) is 0 Å². The zero-order valence-corrected chi connectivity index (χ0v) is 12.7. The summed E-state index contributed by atoms with van der Waals surface area (Å²) in [5.74, 6) is 1.74. The monoisotopic (exact) mass is 320 g/mol. The van der Waals surface area contributed by atoms with E-state index in [4.69, 9.17) is 4.74 Å². The number of aryl methyl sites for hydroxylation is 1. The third kappa shape index (κ3) is 3.96. The molecule has 0 aliphatic rings. The molecule has 1 heterocycles. The molecule has 0 amide bonds. The number of nitrogens with one attached hydrogen (secondary N) is 1. The molecule has 4 heteroatoms. The summed E-state index contributed by atoms with van der Waals surface area (Å²) in [6, 6.07) is 10.0. The van der Waals surface area contributed by atoms with Crippen LogP contribution in [0.4, 0.5) is 5.82 Å². The first-order valence-electron chi connectivity index (χ1n) is 6.27. The fraction of sp³-hybridized carbons (Fsp3) is 0.267. The Bertz CT molecular complexity index is 540. The zero-order chi connectivity index (χ0) is 13.7. The second-order valence-corrected chi connectivity index (χ2v) is 5.16. The van der Waals surface area contributed by atoms with Crippen molar-refractivity contribution in [2.45, 2.75) is 20.5 Å². The lowest BCUT2D eigenvalue weighted by atomic mass is 10.2. The molecule has 0 fully saturated rings. The van der Waals surface area contributed by atoms with Gasteiger partial charge in [-0.1, -0.05) is 12.1 Å². The quantitative estimate of drug-likeness (QED) is 0.898. The molecule has 0 atom stereocenters. The van der Waals surface area contributed by atoms with E-state index < -0.39 is 0 Å². The SMILES string of the molecule is CCNc1ccc(COc2ccc(C)cc2Br)cn1. The highest BCUT2D eigenvalue weighted by molar-refractivity contribution is 9.10. The van der Waals surface area contributed by atoms with Gasteiger partial charge >= 0.3 is 0 Å². The molecule has 1 aromatic carbocycles. The lowest BCUT2D eigenvalue weighted by Crippen LogP contribution is -2.01. The third-order valence-electron chi connectivity index (χ3n) is 2.66. The van der Waals surface area contributed by atoms with Gasteiger partial charge in [0.2, 0.25) is 0 Å². The van der Waals surface area contributed by atoms with Crippen molar-refractivity contribution >= 4 is 21.7 Å². The van der Waals surface area contributed by atoms with Crippen LogP contribution in [0.15, 0.2) is 41.0 Å². The molecule has 0 radical (unpaired) electrons. The highest BCUT2D eigenvalue weighted by Gasteiger charge is 2.02. The molecule has 19 heavy (non-hydrogen) atoms. The molecule has 0 aliphatic carbocycles. The van der Waals surface area contributed by atoms with Crippen molar-refractivity contribution in [2.24, 2.45) is 0 Å². The Morgan fingerprint density at radius 3 is 2.74 bits per heavy atom. The van der Waals surface area contributed by atoms with E-state index >= 15 is 0 Å². The number of halogens is 1. The fourth-order valence-electron chi connectivity index (χ4n) is 1.68. The average molecular weight is 321 g/mol. The molecular formula is C15H17BrN2O. The van der Waals surface area contributed by atoms with Crippen molar-refractivity contribution < 1.29 is 4.74 Å². The molecular weight excluding hydrogens is 304 g/mol. The van der Waals surface area contributed by atoms with Gasteiger partial charge in [0.15, 0.2) is 0 Å². The second kappa shape index (κ2) is 6.57. The summed E-state index contributed by atoms with van der Waals surface area (Å²) < 4.78 is 6.75. The summed E-state index contributed by atoms with van der Waals surface area (Å²) in [6.07, 6.45) is 1.83. The van der Waals surface area contributed by atoms with Gasteiger partial charge in [-0.05, 0) is 53.5 Å². The maximum atomic E-state index is 5.77. The van der Waals surface area contributed by atoms with E-state index in [0.29, 0.717) is 6.61 Å². The number of ether oxygens (including phenoxy) is 1. The molecule has 0 unspecified atom stereocenters. The van der Waals surface area contributed by atoms with E-state index in [1.807, 2.05) is 43.5 Å². The van der Waals surface area contributed by atoms with E-state index in [1.165, 1.54) is 5.56 Å². The first-order chi connectivity index (χ1) is 9.19. The minimum absolute atomic E-state index is 0.515. The predicted octanol–water partition coefficient (Wildman–Crippen LogP) is 4.16. The number of hydrogen-bond donors (Lipinski definition) is 1. The number of anilines is 1. The van der Waals surface area contributed by atoms with Crippen LogP contribution < -0.4 is 10.1 Å². The number of nitrogens with zero attached hydrogens (tertiary/aromatic N) is 1. The zero-order valence-electron chi connectivity index (χ0n) is 11.1. The third-order valence-corrected chi connectivity index (χ3v) is 3.28. The van der Waals surface area contributed by atoms with Crippen LogP contribution in [0.1, 0.15) is 18.1 Å². The first kappa shape index (κ1) is 13.9. The topological polar surface area (TPSA) is 34.1 Å². The molecule has 0 saturated heterocycles. The molecule has 0 aliphatic heterocycles. The van der Waals surface area contributed by atoms with Crippen molar-refractivity contribution in [3.8, 4) is 5.75 Å². The van der Waals surface area contributed by atoms with Gasteiger partial charge in [-0.25, -0.2) is 4.98 Å². The van der Waals surface area contributed by atoms with Crippen molar-refractivity contribution in [1.82, 2.24) is 4.98 Å². The van der Waals surface area contributed by atoms with Crippen LogP contribution in [0, 0.1) is 6.92 Å². The summed E-state index contributed by atoms with van der Waals surface area (Å²) in [7, 11) is 0. The Morgan fingerprint density at radius 1 is 1.26 bits per heavy atom. The summed E-state index contributed by atoms with van der Waals surface area (Å²) in [4.78, 5) is 4.31. The molecule has 100 valence electrons. The number of benzene rings is 1. The Labute approximate surface area is 122 Å². The minimum atomic E-state index is 0.515. The largest absolute Gasteiger partial charge is 0.488 e. The molecule has 1 aromatic heterocycles. The van der Waals surface area contributed by atoms with E-state index in [-0.39, 0.29) is 0 Å². The van der Waals surface area contributed by atoms with Crippen molar-refractivity contribution in [1.29, 1.82) is 0 Å². The van der Waals surface area contributed by atoms with Crippen molar-refractivity contribution in [3.63, 3.8) is 0 Å². The average Bonchev–Trinajstić information content (AvgIpc) is 2.40. The smallest absolute Gasteiger partial charge is 0.134 e. The standard InChI is InChI=1S/C15H17BrN2O/c1-3-17-15-7-5-12(9-18-15)10-19-14-6-4-11(2)8-13(14)16/h4-9H,3,10H2,1-2H3,(H,17,18). The van der Waals surface area contributed by atoms with Crippen LogP contribution in [0.2, 0.25) is 0 Å².